The summed E-state index contributed by atoms with van der Waals surface area (Å²) in [5, 5.41) is 4.34. The van der Waals surface area contributed by atoms with Gasteiger partial charge in [0.25, 0.3) is 0 Å². The number of rotatable bonds is 9. The normalized spacial score (nSPS) is 12.9. The van der Waals surface area contributed by atoms with Crippen LogP contribution in [0.15, 0.2) is 24.3 Å². The van der Waals surface area contributed by atoms with Crippen LogP contribution in [0.1, 0.15) is 45.1 Å². The Hall–Kier alpha value is -0.570. The second-order valence-corrected chi connectivity index (χ2v) is 5.59. The quantitative estimate of drug-likeness (QED) is 0.685. The van der Waals surface area contributed by atoms with Gasteiger partial charge in [-0.2, -0.15) is 0 Å². The average molecular weight is 284 g/mol. The second kappa shape index (κ2) is 9.35. The standard InChI is InChI=1S/C16H26ClNO/c1-4-19-10-6-8-15(12-18-13(2)3)14-7-5-9-16(17)11-14/h5,7,9,11,13,15,18H,4,6,8,10,12H2,1-3H3. The third-order valence-electron chi connectivity index (χ3n) is 3.14. The Balaban J connectivity index is 2.57. The molecule has 0 aromatic heterocycles. The Labute approximate surface area is 122 Å². The van der Waals surface area contributed by atoms with E-state index in [-0.39, 0.29) is 0 Å². The first-order valence-corrected chi connectivity index (χ1v) is 7.57. The third kappa shape index (κ3) is 6.95. The van der Waals surface area contributed by atoms with E-state index < -0.39 is 0 Å². The van der Waals surface area contributed by atoms with Crippen molar-refractivity contribution in [2.75, 3.05) is 19.8 Å². The molecule has 0 aliphatic rings. The van der Waals surface area contributed by atoms with Crippen LogP contribution >= 0.6 is 11.6 Å². The van der Waals surface area contributed by atoms with Gasteiger partial charge in [-0.15, -0.1) is 0 Å². The highest BCUT2D eigenvalue weighted by Crippen LogP contribution is 2.23. The average Bonchev–Trinajstić information content (AvgIpc) is 2.37. The highest BCUT2D eigenvalue weighted by Gasteiger charge is 2.12. The second-order valence-electron chi connectivity index (χ2n) is 5.15. The number of hydrogen-bond acceptors (Lipinski definition) is 2. The zero-order valence-electron chi connectivity index (χ0n) is 12.3. The van der Waals surface area contributed by atoms with Gasteiger partial charge in [0, 0.05) is 30.8 Å². The van der Waals surface area contributed by atoms with Crippen molar-refractivity contribution in [2.24, 2.45) is 0 Å². The van der Waals surface area contributed by atoms with Crippen molar-refractivity contribution in [3.8, 4) is 0 Å². The van der Waals surface area contributed by atoms with E-state index in [1.165, 1.54) is 5.56 Å². The van der Waals surface area contributed by atoms with E-state index in [9.17, 15) is 0 Å². The van der Waals surface area contributed by atoms with Gasteiger partial charge >= 0.3 is 0 Å². The van der Waals surface area contributed by atoms with Crippen LogP contribution in [0.25, 0.3) is 0 Å². The number of halogens is 1. The maximum absolute atomic E-state index is 6.09. The molecule has 0 spiro atoms. The largest absolute Gasteiger partial charge is 0.382 e. The van der Waals surface area contributed by atoms with Gasteiger partial charge in [0.05, 0.1) is 0 Å². The highest BCUT2D eigenvalue weighted by molar-refractivity contribution is 6.30. The predicted octanol–water partition coefficient (Wildman–Crippen LogP) is 4.24. The van der Waals surface area contributed by atoms with E-state index in [1.54, 1.807) is 0 Å². The molecular weight excluding hydrogens is 258 g/mol. The molecule has 0 amide bonds. The first-order valence-electron chi connectivity index (χ1n) is 7.20. The molecule has 1 aromatic carbocycles. The van der Waals surface area contributed by atoms with E-state index in [0.29, 0.717) is 12.0 Å². The third-order valence-corrected chi connectivity index (χ3v) is 3.37. The van der Waals surface area contributed by atoms with Gasteiger partial charge in [-0.25, -0.2) is 0 Å². The topological polar surface area (TPSA) is 21.3 Å². The summed E-state index contributed by atoms with van der Waals surface area (Å²) in [5.41, 5.74) is 1.32. The highest BCUT2D eigenvalue weighted by atomic mass is 35.5. The Morgan fingerprint density at radius 1 is 1.32 bits per heavy atom. The van der Waals surface area contributed by atoms with Gasteiger partial charge in [0.1, 0.15) is 0 Å². The van der Waals surface area contributed by atoms with Crippen LogP contribution in [0.5, 0.6) is 0 Å². The fourth-order valence-corrected chi connectivity index (χ4v) is 2.30. The van der Waals surface area contributed by atoms with E-state index in [1.807, 2.05) is 19.1 Å². The molecule has 0 aliphatic carbocycles. The molecular formula is C16H26ClNO. The summed E-state index contributed by atoms with van der Waals surface area (Å²) < 4.78 is 5.42. The Morgan fingerprint density at radius 3 is 2.74 bits per heavy atom. The molecule has 0 saturated carbocycles. The monoisotopic (exact) mass is 283 g/mol. The van der Waals surface area contributed by atoms with Gasteiger partial charge in [0.2, 0.25) is 0 Å². The summed E-state index contributed by atoms with van der Waals surface area (Å²) in [5.74, 6) is 0.501. The lowest BCUT2D eigenvalue weighted by Crippen LogP contribution is -2.28. The molecule has 1 aromatic rings. The lowest BCUT2D eigenvalue weighted by atomic mass is 9.94. The molecule has 108 valence electrons. The molecule has 3 heteroatoms. The van der Waals surface area contributed by atoms with Gasteiger partial charge < -0.3 is 10.1 Å². The molecule has 0 bridgehead atoms. The molecule has 1 unspecified atom stereocenters. The van der Waals surface area contributed by atoms with Crippen LogP contribution in [0.3, 0.4) is 0 Å². The molecule has 0 aliphatic heterocycles. The van der Waals surface area contributed by atoms with Crippen molar-refractivity contribution < 1.29 is 4.74 Å². The van der Waals surface area contributed by atoms with Crippen LogP contribution in [0.2, 0.25) is 5.02 Å². The molecule has 0 saturated heterocycles. The van der Waals surface area contributed by atoms with Crippen molar-refractivity contribution in [1.29, 1.82) is 0 Å². The molecule has 0 fully saturated rings. The molecule has 1 atom stereocenters. The van der Waals surface area contributed by atoms with Crippen LogP contribution in [-0.2, 0) is 4.74 Å². The van der Waals surface area contributed by atoms with Crippen molar-refractivity contribution in [2.45, 2.75) is 45.6 Å². The summed E-state index contributed by atoms with van der Waals surface area (Å²) in [4.78, 5) is 0. The molecule has 0 heterocycles. The van der Waals surface area contributed by atoms with Gasteiger partial charge in [0.15, 0.2) is 0 Å². The Bertz CT molecular complexity index is 354. The molecule has 0 radical (unpaired) electrons. The van der Waals surface area contributed by atoms with E-state index in [0.717, 1.165) is 37.6 Å². The molecule has 1 rings (SSSR count). The lowest BCUT2D eigenvalue weighted by molar-refractivity contribution is 0.141. The maximum Gasteiger partial charge on any atom is 0.0466 e. The predicted molar refractivity (Wildman–Crippen MR) is 83.1 cm³/mol. The van der Waals surface area contributed by atoms with Crippen LogP contribution in [-0.4, -0.2) is 25.8 Å². The Morgan fingerprint density at radius 2 is 2.11 bits per heavy atom. The van der Waals surface area contributed by atoms with Crippen molar-refractivity contribution in [3.05, 3.63) is 34.9 Å². The summed E-state index contributed by atoms with van der Waals surface area (Å²) >= 11 is 6.09. The minimum absolute atomic E-state index is 0.501. The van der Waals surface area contributed by atoms with Crippen LogP contribution in [0, 0.1) is 0 Å². The minimum Gasteiger partial charge on any atom is -0.382 e. The first kappa shape index (κ1) is 16.5. The fraction of sp³-hybridized carbons (Fsp3) is 0.625. The van der Waals surface area contributed by atoms with E-state index in [4.69, 9.17) is 16.3 Å². The summed E-state index contributed by atoms with van der Waals surface area (Å²) in [6, 6.07) is 8.71. The number of benzene rings is 1. The SMILES string of the molecule is CCOCCCC(CNC(C)C)c1cccc(Cl)c1. The summed E-state index contributed by atoms with van der Waals surface area (Å²) in [7, 11) is 0. The number of nitrogens with one attached hydrogen (secondary N) is 1. The van der Waals surface area contributed by atoms with Crippen LogP contribution < -0.4 is 5.32 Å². The van der Waals surface area contributed by atoms with Gasteiger partial charge in [-0.05, 0) is 43.4 Å². The van der Waals surface area contributed by atoms with E-state index in [2.05, 4.69) is 31.3 Å². The maximum atomic E-state index is 6.09. The van der Waals surface area contributed by atoms with Crippen molar-refractivity contribution >= 4 is 11.6 Å². The van der Waals surface area contributed by atoms with E-state index >= 15 is 0 Å². The van der Waals surface area contributed by atoms with Gasteiger partial charge in [-0.1, -0.05) is 37.6 Å². The summed E-state index contributed by atoms with van der Waals surface area (Å²) in [6.07, 6.45) is 2.21. The zero-order chi connectivity index (χ0) is 14.1. The van der Waals surface area contributed by atoms with Crippen molar-refractivity contribution in [3.63, 3.8) is 0 Å². The summed E-state index contributed by atoms with van der Waals surface area (Å²) in [6.45, 7) is 9.02. The fourth-order valence-electron chi connectivity index (χ4n) is 2.10. The van der Waals surface area contributed by atoms with Gasteiger partial charge in [-0.3, -0.25) is 0 Å². The van der Waals surface area contributed by atoms with Crippen LogP contribution in [0.4, 0.5) is 0 Å². The number of ether oxygens (including phenoxy) is 1. The Kier molecular flexibility index (Phi) is 8.11. The molecule has 19 heavy (non-hydrogen) atoms. The van der Waals surface area contributed by atoms with Crippen molar-refractivity contribution in [1.82, 2.24) is 5.32 Å². The minimum atomic E-state index is 0.501. The smallest absolute Gasteiger partial charge is 0.0466 e. The lowest BCUT2D eigenvalue weighted by Gasteiger charge is -2.20. The molecule has 1 N–H and O–H groups in total. The first-order chi connectivity index (χ1) is 9.13. The zero-order valence-corrected chi connectivity index (χ0v) is 13.0. The number of hydrogen-bond donors (Lipinski definition) is 1. The molecule has 2 nitrogen and oxygen atoms in total.